The highest BCUT2D eigenvalue weighted by Crippen LogP contribution is 2.22. The van der Waals surface area contributed by atoms with Crippen molar-refractivity contribution in [2.45, 2.75) is 18.5 Å². The van der Waals surface area contributed by atoms with Crippen molar-refractivity contribution in [1.29, 1.82) is 0 Å². The molecule has 0 spiro atoms. The number of halogens is 2. The lowest BCUT2D eigenvalue weighted by atomic mass is 10.3. The summed E-state index contributed by atoms with van der Waals surface area (Å²) in [5.41, 5.74) is 0.753. The maximum absolute atomic E-state index is 13.1. The SMILES string of the molecule is Cc1cc(NC(=O)CCSc2nc3cc(F)c(F)cc3[nH]2)no1. The third-order valence-corrected chi connectivity index (χ3v) is 3.84. The van der Waals surface area contributed by atoms with Gasteiger partial charge in [0.25, 0.3) is 0 Å². The standard InChI is InChI=1S/C14H12F2N4O2S/c1-7-4-12(20-22-7)19-13(21)2-3-23-14-17-10-5-8(15)9(16)6-11(10)18-14/h4-6H,2-3H2,1H3,(H,17,18)(H,19,20,21). The lowest BCUT2D eigenvalue weighted by Gasteiger charge is -1.99. The average Bonchev–Trinajstić information content (AvgIpc) is 3.05. The molecular weight excluding hydrogens is 326 g/mol. The van der Waals surface area contributed by atoms with E-state index < -0.39 is 11.6 Å². The van der Waals surface area contributed by atoms with Crippen molar-refractivity contribution in [2.75, 3.05) is 11.1 Å². The molecule has 23 heavy (non-hydrogen) atoms. The summed E-state index contributed by atoms with van der Waals surface area (Å²) in [4.78, 5) is 18.8. The number of aryl methyl sites for hydroxylation is 1. The molecule has 2 heterocycles. The second-order valence-electron chi connectivity index (χ2n) is 4.79. The molecule has 2 N–H and O–H groups in total. The molecule has 0 aliphatic heterocycles. The van der Waals surface area contributed by atoms with Crippen molar-refractivity contribution in [3.63, 3.8) is 0 Å². The molecule has 1 amide bonds. The Balaban J connectivity index is 1.55. The lowest BCUT2D eigenvalue weighted by molar-refractivity contribution is -0.115. The fraction of sp³-hybridized carbons (Fsp3) is 0.214. The molecule has 0 fully saturated rings. The van der Waals surface area contributed by atoms with Crippen LogP contribution in [0.2, 0.25) is 0 Å². The topological polar surface area (TPSA) is 83.8 Å². The van der Waals surface area contributed by atoms with Gasteiger partial charge in [-0.05, 0) is 6.92 Å². The summed E-state index contributed by atoms with van der Waals surface area (Å²) in [6, 6.07) is 3.71. The first kappa shape index (κ1) is 15.5. The normalized spacial score (nSPS) is 11.1. The van der Waals surface area contributed by atoms with Crippen LogP contribution in [0.15, 0.2) is 27.9 Å². The van der Waals surface area contributed by atoms with E-state index in [1.54, 1.807) is 13.0 Å². The number of imidazole rings is 1. The van der Waals surface area contributed by atoms with E-state index in [2.05, 4.69) is 20.4 Å². The fourth-order valence-electron chi connectivity index (χ4n) is 1.92. The fourth-order valence-corrected chi connectivity index (χ4v) is 2.75. The Bertz CT molecular complexity index is 823. The number of H-pyrrole nitrogens is 1. The van der Waals surface area contributed by atoms with Gasteiger partial charge in [0.1, 0.15) is 5.76 Å². The number of anilines is 1. The van der Waals surface area contributed by atoms with Crippen LogP contribution >= 0.6 is 11.8 Å². The average molecular weight is 338 g/mol. The smallest absolute Gasteiger partial charge is 0.226 e. The van der Waals surface area contributed by atoms with E-state index in [9.17, 15) is 13.6 Å². The number of amides is 1. The van der Waals surface area contributed by atoms with Gasteiger partial charge in [-0.2, -0.15) is 0 Å². The Kier molecular flexibility index (Phi) is 4.28. The Labute approximate surface area is 133 Å². The largest absolute Gasteiger partial charge is 0.360 e. The number of nitrogens with one attached hydrogen (secondary N) is 2. The van der Waals surface area contributed by atoms with E-state index in [-0.39, 0.29) is 12.3 Å². The number of thioether (sulfide) groups is 1. The number of benzene rings is 1. The first-order valence-electron chi connectivity index (χ1n) is 6.72. The van der Waals surface area contributed by atoms with E-state index in [1.165, 1.54) is 11.8 Å². The minimum atomic E-state index is -0.942. The maximum atomic E-state index is 13.1. The number of aromatic amines is 1. The van der Waals surface area contributed by atoms with Gasteiger partial charge in [0.15, 0.2) is 22.6 Å². The number of hydrogen-bond acceptors (Lipinski definition) is 5. The third-order valence-electron chi connectivity index (χ3n) is 2.97. The molecule has 0 saturated carbocycles. The van der Waals surface area contributed by atoms with E-state index in [4.69, 9.17) is 4.52 Å². The molecule has 6 nitrogen and oxygen atoms in total. The molecule has 1 aromatic carbocycles. The lowest BCUT2D eigenvalue weighted by Crippen LogP contribution is -2.12. The van der Waals surface area contributed by atoms with Crippen LogP contribution in [0.4, 0.5) is 14.6 Å². The van der Waals surface area contributed by atoms with E-state index in [1.807, 2.05) is 0 Å². The summed E-state index contributed by atoms with van der Waals surface area (Å²) in [6.07, 6.45) is 0.232. The number of hydrogen-bond donors (Lipinski definition) is 2. The van der Waals surface area contributed by atoms with Gasteiger partial charge in [-0.25, -0.2) is 13.8 Å². The zero-order valence-electron chi connectivity index (χ0n) is 12.0. The molecule has 0 aliphatic rings. The Morgan fingerprint density at radius 2 is 2.13 bits per heavy atom. The zero-order chi connectivity index (χ0) is 16.4. The van der Waals surface area contributed by atoms with Gasteiger partial charge in [0.2, 0.25) is 5.91 Å². The van der Waals surface area contributed by atoms with Gasteiger partial charge in [0, 0.05) is 30.4 Å². The Morgan fingerprint density at radius 3 is 2.87 bits per heavy atom. The zero-order valence-corrected chi connectivity index (χ0v) is 12.8. The summed E-state index contributed by atoms with van der Waals surface area (Å²) in [5, 5.41) is 6.76. The van der Waals surface area contributed by atoms with Crippen molar-refractivity contribution < 1.29 is 18.1 Å². The monoisotopic (exact) mass is 338 g/mol. The number of fused-ring (bicyclic) bond motifs is 1. The first-order chi connectivity index (χ1) is 11.0. The highest BCUT2D eigenvalue weighted by atomic mass is 32.2. The molecular formula is C14H12F2N4O2S. The van der Waals surface area contributed by atoms with Crippen LogP contribution in [0, 0.1) is 18.6 Å². The van der Waals surface area contributed by atoms with Crippen LogP contribution in [0.1, 0.15) is 12.2 Å². The molecule has 3 rings (SSSR count). The highest BCUT2D eigenvalue weighted by molar-refractivity contribution is 7.99. The number of carbonyl (C=O) groups excluding carboxylic acids is 1. The number of carbonyl (C=O) groups is 1. The molecule has 0 bridgehead atoms. The molecule has 0 radical (unpaired) electrons. The quantitative estimate of drug-likeness (QED) is 0.698. The van der Waals surface area contributed by atoms with Crippen molar-refractivity contribution in [1.82, 2.24) is 15.1 Å². The van der Waals surface area contributed by atoms with Crippen LogP contribution in [0.3, 0.4) is 0 Å². The molecule has 120 valence electrons. The van der Waals surface area contributed by atoms with Crippen LogP contribution in [-0.2, 0) is 4.79 Å². The van der Waals surface area contributed by atoms with Crippen molar-refractivity contribution >= 4 is 34.5 Å². The molecule has 0 saturated heterocycles. The molecule has 2 aromatic heterocycles. The summed E-state index contributed by atoms with van der Waals surface area (Å²) >= 11 is 1.29. The van der Waals surface area contributed by atoms with Gasteiger partial charge in [-0.15, -0.1) is 0 Å². The summed E-state index contributed by atoms with van der Waals surface area (Å²) in [7, 11) is 0. The van der Waals surface area contributed by atoms with Gasteiger partial charge in [0.05, 0.1) is 11.0 Å². The minimum absolute atomic E-state index is 0.209. The van der Waals surface area contributed by atoms with Crippen LogP contribution in [0.25, 0.3) is 11.0 Å². The number of aromatic nitrogens is 3. The highest BCUT2D eigenvalue weighted by Gasteiger charge is 2.10. The van der Waals surface area contributed by atoms with Crippen LogP contribution in [0.5, 0.6) is 0 Å². The predicted octanol–water partition coefficient (Wildman–Crippen LogP) is 3.26. The Morgan fingerprint density at radius 1 is 1.35 bits per heavy atom. The van der Waals surface area contributed by atoms with E-state index in [0.29, 0.717) is 33.5 Å². The van der Waals surface area contributed by atoms with Gasteiger partial charge in [-0.1, -0.05) is 16.9 Å². The third kappa shape index (κ3) is 3.67. The predicted molar refractivity (Wildman–Crippen MR) is 81.2 cm³/mol. The van der Waals surface area contributed by atoms with Gasteiger partial charge >= 0.3 is 0 Å². The molecule has 9 heteroatoms. The van der Waals surface area contributed by atoms with Crippen LogP contribution in [-0.4, -0.2) is 26.8 Å². The molecule has 0 atom stereocenters. The maximum Gasteiger partial charge on any atom is 0.226 e. The van der Waals surface area contributed by atoms with Crippen molar-refractivity contribution in [3.8, 4) is 0 Å². The molecule has 3 aromatic rings. The van der Waals surface area contributed by atoms with E-state index in [0.717, 1.165) is 12.1 Å². The summed E-state index contributed by atoms with van der Waals surface area (Å²) in [5.74, 6) is -0.654. The van der Waals surface area contributed by atoms with Gasteiger partial charge in [-0.3, -0.25) is 4.79 Å². The first-order valence-corrected chi connectivity index (χ1v) is 7.70. The summed E-state index contributed by atoms with van der Waals surface area (Å²) < 4.78 is 31.1. The van der Waals surface area contributed by atoms with Crippen molar-refractivity contribution in [3.05, 3.63) is 35.6 Å². The van der Waals surface area contributed by atoms with Crippen molar-refractivity contribution in [2.24, 2.45) is 0 Å². The second-order valence-corrected chi connectivity index (χ2v) is 5.88. The van der Waals surface area contributed by atoms with Crippen LogP contribution < -0.4 is 5.32 Å². The summed E-state index contributed by atoms with van der Waals surface area (Å²) in [6.45, 7) is 1.73. The van der Waals surface area contributed by atoms with Gasteiger partial charge < -0.3 is 14.8 Å². The molecule has 0 aliphatic carbocycles. The second kappa shape index (κ2) is 6.37. The number of rotatable bonds is 5. The Hall–Kier alpha value is -2.42. The minimum Gasteiger partial charge on any atom is -0.360 e. The molecule has 0 unspecified atom stereocenters. The number of nitrogens with zero attached hydrogens (tertiary/aromatic N) is 2. The van der Waals surface area contributed by atoms with E-state index >= 15 is 0 Å².